The van der Waals surface area contributed by atoms with Crippen molar-refractivity contribution in [2.45, 2.75) is 19.5 Å². The number of aryl methyl sites for hydroxylation is 1. The average Bonchev–Trinajstić information content (AvgIpc) is 3.16. The highest BCUT2D eigenvalue weighted by atomic mass is 16.4. The third-order valence-corrected chi connectivity index (χ3v) is 5.12. The summed E-state index contributed by atoms with van der Waals surface area (Å²) in [4.78, 5) is 22.3. The second-order valence-corrected chi connectivity index (χ2v) is 6.35. The Balaban J connectivity index is 1.37. The molecule has 0 spiro atoms. The van der Waals surface area contributed by atoms with Gasteiger partial charge in [0.05, 0.1) is 12.7 Å². The van der Waals surface area contributed by atoms with E-state index in [1.165, 1.54) is 10.9 Å². The van der Waals surface area contributed by atoms with E-state index in [1.807, 2.05) is 13.1 Å². The Kier molecular flexibility index (Phi) is 2.10. The monoisotopic (exact) mass is 298 g/mol. The third-order valence-electron chi connectivity index (χ3n) is 5.12. The van der Waals surface area contributed by atoms with Crippen LogP contribution < -0.4 is 4.90 Å². The summed E-state index contributed by atoms with van der Waals surface area (Å²) in [5.74, 6) is 2.49. The van der Waals surface area contributed by atoms with Gasteiger partial charge in [0.2, 0.25) is 5.95 Å². The summed E-state index contributed by atoms with van der Waals surface area (Å²) in [5.41, 5.74) is 1.76. The van der Waals surface area contributed by atoms with Gasteiger partial charge in [-0.2, -0.15) is 0 Å². The molecule has 2 aromatic heterocycles. The highest BCUT2D eigenvalue weighted by Gasteiger charge is 2.81. The van der Waals surface area contributed by atoms with E-state index in [0.717, 1.165) is 41.5 Å². The van der Waals surface area contributed by atoms with Crippen LogP contribution in [0.5, 0.6) is 0 Å². The summed E-state index contributed by atoms with van der Waals surface area (Å²) in [6.07, 6.45) is 3.22. The van der Waals surface area contributed by atoms with Gasteiger partial charge in [-0.15, -0.1) is 5.10 Å². The lowest BCUT2D eigenvalue weighted by Gasteiger charge is -2.16. The quantitative estimate of drug-likeness (QED) is 0.860. The molecule has 2 bridgehead atoms. The number of anilines is 1. The Morgan fingerprint density at radius 1 is 1.45 bits per heavy atom. The molecule has 2 aliphatic carbocycles. The zero-order chi connectivity index (χ0) is 15.0. The summed E-state index contributed by atoms with van der Waals surface area (Å²) in [5, 5.41) is 16.3. The predicted molar refractivity (Wildman–Crippen MR) is 74.5 cm³/mol. The summed E-state index contributed by atoms with van der Waals surface area (Å²) >= 11 is 0. The first kappa shape index (κ1) is 12.1. The van der Waals surface area contributed by atoms with E-state index >= 15 is 0 Å². The Labute approximate surface area is 125 Å². The first-order chi connectivity index (χ1) is 10.6. The fourth-order valence-electron chi connectivity index (χ4n) is 3.78. The highest BCUT2D eigenvalue weighted by Crippen LogP contribution is 2.75. The van der Waals surface area contributed by atoms with E-state index in [2.05, 4.69) is 25.2 Å². The number of hydrogen-bond donors (Lipinski definition) is 1. The lowest BCUT2D eigenvalue weighted by atomic mass is 10.2. The van der Waals surface area contributed by atoms with Crippen LogP contribution in [-0.2, 0) is 6.54 Å². The second-order valence-electron chi connectivity index (χ2n) is 6.35. The van der Waals surface area contributed by atoms with Gasteiger partial charge in [0.15, 0.2) is 5.69 Å². The van der Waals surface area contributed by atoms with Crippen LogP contribution in [0.1, 0.15) is 21.7 Å². The molecule has 4 aliphatic rings. The van der Waals surface area contributed by atoms with Crippen LogP contribution in [-0.4, -0.2) is 48.6 Å². The van der Waals surface area contributed by atoms with Crippen molar-refractivity contribution < 1.29 is 9.90 Å². The van der Waals surface area contributed by atoms with Gasteiger partial charge in [0, 0.05) is 30.0 Å². The van der Waals surface area contributed by atoms with Crippen LogP contribution in [0.4, 0.5) is 5.95 Å². The maximum absolute atomic E-state index is 10.8. The van der Waals surface area contributed by atoms with Gasteiger partial charge in [-0.3, -0.25) is 0 Å². The van der Waals surface area contributed by atoms with Gasteiger partial charge in [0.25, 0.3) is 0 Å². The number of carboxylic acids is 1. The predicted octanol–water partition coefficient (Wildman–Crippen LogP) is 0.187. The second kappa shape index (κ2) is 3.82. The molecule has 6 rings (SSSR count). The minimum atomic E-state index is -1.08. The first-order valence-corrected chi connectivity index (χ1v) is 7.36. The van der Waals surface area contributed by atoms with E-state index in [9.17, 15) is 4.79 Å². The summed E-state index contributed by atoms with van der Waals surface area (Å²) in [7, 11) is 0. The number of rotatable bonds is 4. The minimum Gasteiger partial charge on any atom is -0.476 e. The molecular weight excluding hydrogens is 284 g/mol. The van der Waals surface area contributed by atoms with Crippen LogP contribution in [0.2, 0.25) is 0 Å². The van der Waals surface area contributed by atoms with Crippen LogP contribution in [0, 0.1) is 24.7 Å². The molecule has 2 aromatic rings. The van der Waals surface area contributed by atoms with E-state index in [-0.39, 0.29) is 5.69 Å². The molecule has 0 radical (unpaired) electrons. The largest absolute Gasteiger partial charge is 0.476 e. The van der Waals surface area contributed by atoms with Crippen LogP contribution in [0.15, 0.2) is 12.4 Å². The van der Waals surface area contributed by atoms with Gasteiger partial charge in [0.1, 0.15) is 0 Å². The normalized spacial score (nSPS) is 30.3. The maximum Gasteiger partial charge on any atom is 0.358 e. The minimum absolute atomic E-state index is 0.0602. The van der Waals surface area contributed by atoms with Crippen molar-refractivity contribution in [3.05, 3.63) is 29.3 Å². The van der Waals surface area contributed by atoms with Gasteiger partial charge < -0.3 is 10.0 Å². The van der Waals surface area contributed by atoms with Crippen molar-refractivity contribution >= 4 is 11.9 Å². The fraction of sp³-hybridized carbons (Fsp3) is 0.500. The topological polar surface area (TPSA) is 97.0 Å². The number of carbonyl (C=O) groups is 1. The molecule has 2 saturated heterocycles. The molecule has 2 aliphatic heterocycles. The van der Waals surface area contributed by atoms with Crippen molar-refractivity contribution in [2.24, 2.45) is 17.8 Å². The van der Waals surface area contributed by atoms with E-state index in [1.54, 1.807) is 0 Å². The smallest absolute Gasteiger partial charge is 0.358 e. The van der Waals surface area contributed by atoms with Crippen LogP contribution >= 0.6 is 0 Å². The number of aromatic nitrogens is 5. The molecule has 4 fully saturated rings. The lowest BCUT2D eigenvalue weighted by molar-refractivity contribution is 0.0690. The molecule has 2 unspecified atom stereocenters. The SMILES string of the molecule is Cc1nc(N2CC3C4C3C42)ncc1Cn1cc(C(=O)O)nn1. The molecule has 8 heteroatoms. The number of carboxylic acid groups (broad SMARTS) is 1. The maximum atomic E-state index is 10.8. The molecule has 22 heavy (non-hydrogen) atoms. The Hall–Kier alpha value is -2.51. The number of hydrogen-bond acceptors (Lipinski definition) is 6. The van der Waals surface area contributed by atoms with Gasteiger partial charge in [-0.05, 0) is 24.7 Å². The molecule has 0 amide bonds. The Morgan fingerprint density at radius 3 is 2.86 bits per heavy atom. The molecule has 112 valence electrons. The van der Waals surface area contributed by atoms with Crippen molar-refractivity contribution in [3.63, 3.8) is 0 Å². The molecule has 0 aromatic carbocycles. The summed E-state index contributed by atoms with van der Waals surface area (Å²) < 4.78 is 1.49. The zero-order valence-corrected chi connectivity index (χ0v) is 11.9. The van der Waals surface area contributed by atoms with Crippen LogP contribution in [0.3, 0.4) is 0 Å². The van der Waals surface area contributed by atoms with Crippen molar-refractivity contribution in [1.29, 1.82) is 0 Å². The Bertz CT molecular complexity index is 786. The average molecular weight is 298 g/mol. The van der Waals surface area contributed by atoms with Gasteiger partial charge in [-0.1, -0.05) is 5.21 Å². The summed E-state index contributed by atoms with van der Waals surface area (Å²) in [6.45, 7) is 3.47. The third kappa shape index (κ3) is 1.54. The number of nitrogens with zero attached hydrogens (tertiary/aromatic N) is 6. The van der Waals surface area contributed by atoms with Crippen molar-refractivity contribution in [3.8, 4) is 0 Å². The number of fused-ring (bicyclic) bond motifs is 1. The number of piperidine rings is 1. The number of aromatic carboxylic acids is 1. The molecule has 2 atom stereocenters. The zero-order valence-electron chi connectivity index (χ0n) is 11.9. The lowest BCUT2D eigenvalue weighted by Crippen LogP contribution is -2.23. The van der Waals surface area contributed by atoms with E-state index < -0.39 is 5.97 Å². The molecule has 1 N–H and O–H groups in total. The molecule has 8 nitrogen and oxygen atoms in total. The van der Waals surface area contributed by atoms with Gasteiger partial charge in [-0.25, -0.2) is 19.4 Å². The van der Waals surface area contributed by atoms with Gasteiger partial charge >= 0.3 is 5.97 Å². The molecular formula is C14H14N6O2. The standard InChI is InChI=1S/C14H14N6O2/c1-6-7(3-19-5-9(13(21)22)17-18-19)2-15-14(16-6)20-4-8-10-11(8)12(10)20/h2,5,8,10-12H,3-4H2,1H3,(H,21,22). The molecule has 4 heterocycles. The summed E-state index contributed by atoms with van der Waals surface area (Å²) in [6, 6.07) is 0.698. The van der Waals surface area contributed by atoms with E-state index in [4.69, 9.17) is 5.11 Å². The van der Waals surface area contributed by atoms with Crippen molar-refractivity contribution in [2.75, 3.05) is 11.4 Å². The Morgan fingerprint density at radius 2 is 2.27 bits per heavy atom. The van der Waals surface area contributed by atoms with Crippen LogP contribution in [0.25, 0.3) is 0 Å². The highest BCUT2D eigenvalue weighted by molar-refractivity contribution is 5.84. The van der Waals surface area contributed by atoms with E-state index in [0.29, 0.717) is 12.6 Å². The molecule has 2 saturated carbocycles. The first-order valence-electron chi connectivity index (χ1n) is 7.36. The fourth-order valence-corrected chi connectivity index (χ4v) is 3.78. The van der Waals surface area contributed by atoms with Crippen molar-refractivity contribution in [1.82, 2.24) is 25.0 Å².